The predicted molar refractivity (Wildman–Crippen MR) is 42.4 cm³/mol. The lowest BCUT2D eigenvalue weighted by atomic mass is 10.2. The first-order valence-corrected chi connectivity index (χ1v) is 4.27. The largest absolute Gasteiger partial charge is 0.417 e. The Hall–Kier alpha value is -1.04. The van der Waals surface area contributed by atoms with Crippen molar-refractivity contribution in [2.45, 2.75) is 6.18 Å². The van der Waals surface area contributed by atoms with Crippen molar-refractivity contribution in [3.05, 3.63) is 17.1 Å². The Morgan fingerprint density at radius 2 is 2.23 bits per heavy atom. The number of thiophene rings is 1. The van der Waals surface area contributed by atoms with Gasteiger partial charge in [0.25, 0.3) is 0 Å². The van der Waals surface area contributed by atoms with Crippen molar-refractivity contribution in [2.24, 2.45) is 7.05 Å². The van der Waals surface area contributed by atoms with Crippen LogP contribution in [0.15, 0.2) is 5.38 Å². The molecule has 0 atom stereocenters. The van der Waals surface area contributed by atoms with E-state index in [-0.39, 0.29) is 5.39 Å². The van der Waals surface area contributed by atoms with Crippen LogP contribution < -0.4 is 0 Å². The van der Waals surface area contributed by atoms with Crippen molar-refractivity contribution in [1.82, 2.24) is 9.78 Å². The minimum atomic E-state index is -4.31. The van der Waals surface area contributed by atoms with Crippen LogP contribution in [0.4, 0.5) is 13.2 Å². The summed E-state index contributed by atoms with van der Waals surface area (Å²) in [7, 11) is 1.55. The third-order valence-electron chi connectivity index (χ3n) is 1.59. The standard InChI is InChI=1S/C7H4F3N2S/c1-12-2-4-5(7(8,9)10)3-13-6(4)11-12/h3H,1H3. The summed E-state index contributed by atoms with van der Waals surface area (Å²) in [6, 6.07) is 0. The fourth-order valence-corrected chi connectivity index (χ4v) is 1.99. The van der Waals surface area contributed by atoms with Crippen molar-refractivity contribution in [3.63, 3.8) is 0 Å². The lowest BCUT2D eigenvalue weighted by molar-refractivity contribution is -0.136. The first kappa shape index (κ1) is 8.55. The van der Waals surface area contributed by atoms with Gasteiger partial charge < -0.3 is 0 Å². The van der Waals surface area contributed by atoms with Gasteiger partial charge in [-0.3, -0.25) is 4.68 Å². The lowest BCUT2D eigenvalue weighted by Gasteiger charge is -2.01. The molecule has 13 heavy (non-hydrogen) atoms. The van der Waals surface area contributed by atoms with Crippen molar-refractivity contribution in [1.29, 1.82) is 0 Å². The average molecular weight is 205 g/mol. The molecule has 0 unspecified atom stereocenters. The predicted octanol–water partition coefficient (Wildman–Crippen LogP) is 2.45. The van der Waals surface area contributed by atoms with Gasteiger partial charge in [0.15, 0.2) is 0 Å². The summed E-state index contributed by atoms with van der Waals surface area (Å²) in [6.45, 7) is 0. The Morgan fingerprint density at radius 3 is 2.85 bits per heavy atom. The molecule has 0 bridgehead atoms. The van der Waals surface area contributed by atoms with E-state index in [1.807, 2.05) is 0 Å². The minimum absolute atomic E-state index is 0.0556. The molecule has 69 valence electrons. The van der Waals surface area contributed by atoms with Crippen LogP contribution in [-0.2, 0) is 13.2 Å². The van der Waals surface area contributed by atoms with Crippen LogP contribution in [0.3, 0.4) is 0 Å². The first-order chi connectivity index (χ1) is 5.98. The molecule has 0 amide bonds. The maximum absolute atomic E-state index is 12.3. The number of nitrogens with zero attached hydrogens (tertiary/aromatic N) is 2. The van der Waals surface area contributed by atoms with Gasteiger partial charge in [-0.05, 0) is 0 Å². The van der Waals surface area contributed by atoms with Crippen molar-refractivity contribution in [3.8, 4) is 0 Å². The van der Waals surface area contributed by atoms with E-state index in [2.05, 4.69) is 11.3 Å². The van der Waals surface area contributed by atoms with Crippen molar-refractivity contribution in [2.75, 3.05) is 0 Å². The van der Waals surface area contributed by atoms with E-state index in [1.54, 1.807) is 7.05 Å². The zero-order chi connectivity index (χ0) is 9.64. The Bertz CT molecular complexity index is 440. The third-order valence-corrected chi connectivity index (χ3v) is 2.45. The van der Waals surface area contributed by atoms with Gasteiger partial charge in [0.05, 0.1) is 17.1 Å². The number of hydrogen-bond acceptors (Lipinski definition) is 2. The summed E-state index contributed by atoms with van der Waals surface area (Å²) in [4.78, 5) is 0.370. The van der Waals surface area contributed by atoms with E-state index in [9.17, 15) is 13.2 Å². The highest BCUT2D eigenvalue weighted by Gasteiger charge is 2.34. The lowest BCUT2D eigenvalue weighted by Crippen LogP contribution is -2.02. The van der Waals surface area contributed by atoms with E-state index in [4.69, 9.17) is 0 Å². The van der Waals surface area contributed by atoms with Gasteiger partial charge in [0, 0.05) is 12.4 Å². The molecule has 0 fully saturated rings. The molecule has 2 nitrogen and oxygen atoms in total. The SMILES string of the molecule is Cn1[c]c2c(C(F)(F)F)csc2n1. The molecule has 0 aliphatic carbocycles. The molecule has 0 saturated heterocycles. The first-order valence-electron chi connectivity index (χ1n) is 3.39. The van der Waals surface area contributed by atoms with Crippen LogP contribution in [0.5, 0.6) is 0 Å². The summed E-state index contributed by atoms with van der Waals surface area (Å²) >= 11 is 0.978. The molecular weight excluding hydrogens is 201 g/mol. The second-order valence-electron chi connectivity index (χ2n) is 2.56. The number of aromatic nitrogens is 2. The number of alkyl halides is 3. The van der Waals surface area contributed by atoms with Crippen LogP contribution in [0, 0.1) is 6.20 Å². The molecule has 0 aliphatic heterocycles. The maximum atomic E-state index is 12.3. The molecule has 0 aromatic carbocycles. The van der Waals surface area contributed by atoms with E-state index < -0.39 is 11.7 Å². The Kier molecular flexibility index (Phi) is 1.63. The molecule has 0 aliphatic rings. The molecule has 2 rings (SSSR count). The van der Waals surface area contributed by atoms with Crippen LogP contribution >= 0.6 is 11.3 Å². The number of rotatable bonds is 0. The number of halogens is 3. The molecule has 0 saturated carbocycles. The van der Waals surface area contributed by atoms with Gasteiger partial charge in [-0.15, -0.1) is 11.3 Å². The van der Waals surface area contributed by atoms with Gasteiger partial charge in [0.1, 0.15) is 4.83 Å². The summed E-state index contributed by atoms with van der Waals surface area (Å²) in [5, 5.41) is 4.95. The van der Waals surface area contributed by atoms with E-state index in [1.165, 1.54) is 4.68 Å². The maximum Gasteiger partial charge on any atom is 0.417 e. The molecule has 0 N–H and O–H groups in total. The molecule has 6 heteroatoms. The molecule has 2 aromatic heterocycles. The Balaban J connectivity index is 2.70. The highest BCUT2D eigenvalue weighted by molar-refractivity contribution is 7.16. The Morgan fingerprint density at radius 1 is 1.54 bits per heavy atom. The van der Waals surface area contributed by atoms with Gasteiger partial charge in [-0.1, -0.05) is 0 Å². The van der Waals surface area contributed by atoms with Gasteiger partial charge in [-0.2, -0.15) is 18.3 Å². The smallest absolute Gasteiger partial charge is 0.264 e. The number of hydrogen-bond donors (Lipinski definition) is 0. The minimum Gasteiger partial charge on any atom is -0.264 e. The topological polar surface area (TPSA) is 17.8 Å². The average Bonchev–Trinajstić information content (AvgIpc) is 2.41. The number of aryl methyl sites for hydroxylation is 1. The fraction of sp³-hybridized carbons (Fsp3) is 0.286. The summed E-state index contributed by atoms with van der Waals surface area (Å²) < 4.78 is 38.2. The van der Waals surface area contributed by atoms with E-state index in [0.717, 1.165) is 16.7 Å². The van der Waals surface area contributed by atoms with Gasteiger partial charge in [-0.25, -0.2) is 0 Å². The molecule has 0 spiro atoms. The quantitative estimate of drug-likeness (QED) is 0.646. The summed E-state index contributed by atoms with van der Waals surface area (Å²) in [5.74, 6) is 0. The van der Waals surface area contributed by atoms with Crippen molar-refractivity contribution >= 4 is 21.6 Å². The van der Waals surface area contributed by atoms with Crippen LogP contribution in [0.1, 0.15) is 5.56 Å². The highest BCUT2D eigenvalue weighted by Crippen LogP contribution is 2.37. The molecule has 2 aromatic rings. The number of fused-ring (bicyclic) bond motifs is 1. The summed E-state index contributed by atoms with van der Waals surface area (Å²) in [6.07, 6.45) is -1.80. The van der Waals surface area contributed by atoms with E-state index >= 15 is 0 Å². The second-order valence-corrected chi connectivity index (χ2v) is 3.42. The molecular formula is C7H4F3N2S. The zero-order valence-electron chi connectivity index (χ0n) is 6.51. The second kappa shape index (κ2) is 2.47. The monoisotopic (exact) mass is 205 g/mol. The van der Waals surface area contributed by atoms with Gasteiger partial charge >= 0.3 is 6.18 Å². The molecule has 1 radical (unpaired) electrons. The molecule has 2 heterocycles. The van der Waals surface area contributed by atoms with Crippen LogP contribution in [0.25, 0.3) is 10.2 Å². The highest BCUT2D eigenvalue weighted by atomic mass is 32.1. The van der Waals surface area contributed by atoms with Crippen molar-refractivity contribution < 1.29 is 13.2 Å². The Labute approximate surface area is 75.6 Å². The fourth-order valence-electron chi connectivity index (χ4n) is 1.06. The van der Waals surface area contributed by atoms with Gasteiger partial charge in [0.2, 0.25) is 0 Å². The normalized spacial score (nSPS) is 12.6. The third kappa shape index (κ3) is 1.31. The van der Waals surface area contributed by atoms with E-state index in [0.29, 0.717) is 4.83 Å². The van der Waals surface area contributed by atoms with Crippen LogP contribution in [-0.4, -0.2) is 9.78 Å². The summed E-state index contributed by atoms with van der Waals surface area (Å²) in [5.41, 5.74) is -0.652. The van der Waals surface area contributed by atoms with Crippen LogP contribution in [0.2, 0.25) is 0 Å². The zero-order valence-corrected chi connectivity index (χ0v) is 7.33.